The summed E-state index contributed by atoms with van der Waals surface area (Å²) < 4.78 is 28.4. The topological polar surface area (TPSA) is 79.2 Å². The number of nitrogens with zero attached hydrogens (tertiary/aromatic N) is 2. The highest BCUT2D eigenvalue weighted by molar-refractivity contribution is 5.88. The van der Waals surface area contributed by atoms with E-state index >= 15 is 0 Å². The Kier molecular flexibility index (Phi) is 4.71. The summed E-state index contributed by atoms with van der Waals surface area (Å²) in [5.74, 6) is -1.27. The number of aryl methyl sites for hydroxylation is 2. The minimum absolute atomic E-state index is 0.333. The van der Waals surface area contributed by atoms with Crippen molar-refractivity contribution < 1.29 is 18.7 Å². The van der Waals surface area contributed by atoms with E-state index in [2.05, 4.69) is 15.7 Å². The van der Waals surface area contributed by atoms with Crippen molar-refractivity contribution in [3.05, 3.63) is 47.2 Å². The van der Waals surface area contributed by atoms with Crippen LogP contribution in [0.3, 0.4) is 0 Å². The predicted molar refractivity (Wildman–Crippen MR) is 76.3 cm³/mol. The van der Waals surface area contributed by atoms with Gasteiger partial charge in [-0.2, -0.15) is 5.10 Å². The van der Waals surface area contributed by atoms with Crippen molar-refractivity contribution in [2.75, 3.05) is 11.9 Å². The van der Waals surface area contributed by atoms with Crippen molar-refractivity contribution in [3.63, 3.8) is 0 Å². The third-order valence-corrected chi connectivity index (χ3v) is 3.03. The fourth-order valence-electron chi connectivity index (χ4n) is 2.01. The zero-order valence-electron chi connectivity index (χ0n) is 12.1. The average Bonchev–Trinajstić information content (AvgIpc) is 2.74. The zero-order valence-corrected chi connectivity index (χ0v) is 12.1. The number of aliphatic hydroxyl groups is 1. The average molecular weight is 310 g/mol. The molecule has 22 heavy (non-hydrogen) atoms. The first-order valence-corrected chi connectivity index (χ1v) is 6.56. The quantitative estimate of drug-likeness (QED) is 0.806. The van der Waals surface area contributed by atoms with E-state index < -0.39 is 29.3 Å². The molecule has 0 fully saturated rings. The van der Waals surface area contributed by atoms with E-state index in [4.69, 9.17) is 0 Å². The van der Waals surface area contributed by atoms with Gasteiger partial charge in [0.25, 0.3) is 0 Å². The Hall–Kier alpha value is -2.48. The Morgan fingerprint density at radius 2 is 2.05 bits per heavy atom. The van der Waals surface area contributed by atoms with E-state index in [1.54, 1.807) is 20.0 Å². The lowest BCUT2D eigenvalue weighted by Gasteiger charge is -2.14. The summed E-state index contributed by atoms with van der Waals surface area (Å²) in [7, 11) is 1.66. The maximum Gasteiger partial charge on any atom is 0.320 e. The predicted octanol–water partition coefficient (Wildman–Crippen LogP) is 1.86. The molecule has 6 nitrogen and oxygen atoms in total. The Labute approximate surface area is 125 Å². The molecule has 0 bridgehead atoms. The number of urea groups is 1. The van der Waals surface area contributed by atoms with Crippen LogP contribution in [0.15, 0.2) is 24.3 Å². The molecule has 3 N–H and O–H groups in total. The lowest BCUT2D eigenvalue weighted by molar-refractivity contribution is 0.166. The fourth-order valence-corrected chi connectivity index (χ4v) is 2.01. The second-order valence-corrected chi connectivity index (χ2v) is 4.78. The van der Waals surface area contributed by atoms with Gasteiger partial charge in [0.1, 0.15) is 23.6 Å². The van der Waals surface area contributed by atoms with Crippen molar-refractivity contribution in [1.29, 1.82) is 0 Å². The first-order chi connectivity index (χ1) is 10.4. The zero-order chi connectivity index (χ0) is 16.3. The summed E-state index contributed by atoms with van der Waals surface area (Å²) in [6.07, 6.45) is -1.49. The molecule has 0 spiro atoms. The lowest BCUT2D eigenvalue weighted by Crippen LogP contribution is -2.33. The van der Waals surface area contributed by atoms with Gasteiger partial charge in [0.15, 0.2) is 0 Å². The summed E-state index contributed by atoms with van der Waals surface area (Å²) in [6, 6.07) is 4.33. The first kappa shape index (κ1) is 15.9. The standard InChI is InChI=1S/C14H16F2N4O2/c1-8-6-12(20(2)19-8)18-14(22)17-7-11(21)13-9(15)4-3-5-10(13)16/h3-6,11,21H,7H2,1-2H3,(H2,17,18,22). The lowest BCUT2D eigenvalue weighted by atomic mass is 10.1. The minimum Gasteiger partial charge on any atom is -0.386 e. The number of aromatic nitrogens is 2. The molecule has 0 saturated heterocycles. The summed E-state index contributed by atoms with van der Waals surface area (Å²) in [6.45, 7) is 1.44. The number of benzene rings is 1. The SMILES string of the molecule is Cc1cc(NC(=O)NCC(O)c2c(F)cccc2F)n(C)n1. The van der Waals surface area contributed by atoms with E-state index in [0.29, 0.717) is 5.82 Å². The minimum atomic E-state index is -1.49. The second kappa shape index (κ2) is 6.52. The third kappa shape index (κ3) is 3.59. The Bertz CT molecular complexity index is 667. The number of carbonyl (C=O) groups is 1. The molecule has 1 atom stereocenters. The molecule has 0 radical (unpaired) electrons. The fraction of sp³-hybridized carbons (Fsp3) is 0.286. The van der Waals surface area contributed by atoms with Crippen LogP contribution in [0.4, 0.5) is 19.4 Å². The molecule has 0 saturated carbocycles. The van der Waals surface area contributed by atoms with Crippen molar-refractivity contribution in [3.8, 4) is 0 Å². The van der Waals surface area contributed by atoms with Crippen LogP contribution in [-0.2, 0) is 7.05 Å². The van der Waals surface area contributed by atoms with Gasteiger partial charge in [0.05, 0.1) is 11.3 Å². The molecule has 2 rings (SSSR count). The van der Waals surface area contributed by atoms with E-state index in [0.717, 1.165) is 17.8 Å². The number of halogens is 2. The second-order valence-electron chi connectivity index (χ2n) is 4.78. The van der Waals surface area contributed by atoms with Crippen molar-refractivity contribution in [2.45, 2.75) is 13.0 Å². The number of aliphatic hydroxyl groups excluding tert-OH is 1. The van der Waals surface area contributed by atoms with Crippen molar-refractivity contribution >= 4 is 11.8 Å². The number of anilines is 1. The molecular formula is C14H16F2N4O2. The summed E-state index contributed by atoms with van der Waals surface area (Å²) in [5.41, 5.74) is 0.255. The number of hydrogen-bond acceptors (Lipinski definition) is 3. The van der Waals surface area contributed by atoms with Gasteiger partial charge < -0.3 is 10.4 Å². The van der Waals surface area contributed by atoms with Crippen molar-refractivity contribution in [2.24, 2.45) is 7.05 Å². The van der Waals surface area contributed by atoms with Gasteiger partial charge in [0, 0.05) is 19.7 Å². The molecular weight excluding hydrogens is 294 g/mol. The number of carbonyl (C=O) groups excluding carboxylic acids is 1. The highest BCUT2D eigenvalue weighted by Gasteiger charge is 2.18. The van der Waals surface area contributed by atoms with Crippen LogP contribution in [0.1, 0.15) is 17.4 Å². The number of rotatable bonds is 4. The van der Waals surface area contributed by atoms with Crippen LogP contribution in [0.5, 0.6) is 0 Å². The maximum atomic E-state index is 13.5. The first-order valence-electron chi connectivity index (χ1n) is 6.56. The van der Waals surface area contributed by atoms with Gasteiger partial charge in [-0.3, -0.25) is 10.00 Å². The molecule has 1 unspecified atom stereocenters. The van der Waals surface area contributed by atoms with Crippen LogP contribution < -0.4 is 10.6 Å². The van der Waals surface area contributed by atoms with E-state index in [1.165, 1.54) is 10.7 Å². The summed E-state index contributed by atoms with van der Waals surface area (Å²) >= 11 is 0. The van der Waals surface area contributed by atoms with Gasteiger partial charge in [0.2, 0.25) is 0 Å². The van der Waals surface area contributed by atoms with Gasteiger partial charge in [-0.25, -0.2) is 13.6 Å². The monoisotopic (exact) mass is 310 g/mol. The molecule has 2 aromatic rings. The van der Waals surface area contributed by atoms with E-state index in [1.807, 2.05) is 0 Å². The van der Waals surface area contributed by atoms with Crippen molar-refractivity contribution in [1.82, 2.24) is 15.1 Å². The van der Waals surface area contributed by atoms with Gasteiger partial charge in [-0.15, -0.1) is 0 Å². The van der Waals surface area contributed by atoms with Gasteiger partial charge in [-0.1, -0.05) is 6.07 Å². The molecule has 1 aromatic carbocycles. The van der Waals surface area contributed by atoms with Crippen LogP contribution in [0.2, 0.25) is 0 Å². The van der Waals surface area contributed by atoms with E-state index in [-0.39, 0.29) is 6.54 Å². The molecule has 0 aliphatic carbocycles. The van der Waals surface area contributed by atoms with Gasteiger partial charge in [-0.05, 0) is 19.1 Å². The van der Waals surface area contributed by atoms with Crippen LogP contribution >= 0.6 is 0 Å². The molecule has 1 heterocycles. The maximum absolute atomic E-state index is 13.5. The normalized spacial score (nSPS) is 12.0. The largest absolute Gasteiger partial charge is 0.386 e. The highest BCUT2D eigenvalue weighted by atomic mass is 19.1. The van der Waals surface area contributed by atoms with E-state index in [9.17, 15) is 18.7 Å². The summed E-state index contributed by atoms with van der Waals surface area (Å²) in [5, 5.41) is 18.7. The Balaban J connectivity index is 1.95. The number of amides is 2. The highest BCUT2D eigenvalue weighted by Crippen LogP contribution is 2.19. The molecule has 2 amide bonds. The number of hydrogen-bond donors (Lipinski definition) is 3. The molecule has 1 aromatic heterocycles. The smallest absolute Gasteiger partial charge is 0.320 e. The molecule has 0 aliphatic heterocycles. The Morgan fingerprint density at radius 1 is 1.41 bits per heavy atom. The van der Waals surface area contributed by atoms with Crippen LogP contribution in [-0.4, -0.2) is 27.5 Å². The van der Waals surface area contributed by atoms with Crippen LogP contribution in [0.25, 0.3) is 0 Å². The third-order valence-electron chi connectivity index (χ3n) is 3.03. The molecule has 118 valence electrons. The molecule has 8 heteroatoms. The molecule has 0 aliphatic rings. The summed E-state index contributed by atoms with van der Waals surface area (Å²) in [4.78, 5) is 11.7. The van der Waals surface area contributed by atoms with Gasteiger partial charge >= 0.3 is 6.03 Å². The van der Waals surface area contributed by atoms with Crippen LogP contribution in [0, 0.1) is 18.6 Å². The number of nitrogens with one attached hydrogen (secondary N) is 2. The Morgan fingerprint density at radius 3 is 2.59 bits per heavy atom.